The first-order valence-corrected chi connectivity index (χ1v) is 11.9. The van der Waals surface area contributed by atoms with E-state index >= 15 is 0 Å². The molecule has 0 saturated carbocycles. The van der Waals surface area contributed by atoms with Crippen molar-refractivity contribution >= 4 is 35.1 Å². The molecule has 0 spiro atoms. The largest absolute Gasteiger partial charge is 0.467 e. The van der Waals surface area contributed by atoms with Gasteiger partial charge < -0.3 is 4.42 Å². The third-order valence-electron chi connectivity index (χ3n) is 5.24. The summed E-state index contributed by atoms with van der Waals surface area (Å²) in [6.45, 7) is 6.85. The molecule has 3 aromatic rings. The van der Waals surface area contributed by atoms with Crippen LogP contribution in [0.25, 0.3) is 6.08 Å². The maximum Gasteiger partial charge on any atom is 0.267 e. The number of carbonyl (C=O) groups is 1. The van der Waals surface area contributed by atoms with Crippen molar-refractivity contribution in [3.63, 3.8) is 0 Å². The summed E-state index contributed by atoms with van der Waals surface area (Å²) in [6.07, 6.45) is 8.95. The molecule has 2 aromatic carbocycles. The van der Waals surface area contributed by atoms with E-state index in [1.165, 1.54) is 17.3 Å². The van der Waals surface area contributed by atoms with Gasteiger partial charge in [-0.1, -0.05) is 87.5 Å². The number of carbonyl (C=O) groups excluding carboxylic acids is 1. The molecule has 6 heteroatoms. The highest BCUT2D eigenvalue weighted by atomic mass is 32.2. The average molecular weight is 470 g/mol. The number of furan rings is 1. The summed E-state index contributed by atoms with van der Waals surface area (Å²) in [7, 11) is 0. The summed E-state index contributed by atoms with van der Waals surface area (Å²) in [5, 5.41) is 9.15. The Hall–Kier alpha value is -3.64. The average Bonchev–Trinajstić information content (AvgIpc) is 3.44. The second-order valence-corrected chi connectivity index (χ2v) is 9.88. The summed E-state index contributed by atoms with van der Waals surface area (Å²) in [5.41, 5.74) is 3.38. The number of amidine groups is 1. The molecule has 1 fully saturated rings. The van der Waals surface area contributed by atoms with Crippen LogP contribution in [0, 0.1) is 0 Å². The van der Waals surface area contributed by atoms with Gasteiger partial charge in [0.05, 0.1) is 23.9 Å². The van der Waals surface area contributed by atoms with Gasteiger partial charge in [0.2, 0.25) is 0 Å². The van der Waals surface area contributed by atoms with Gasteiger partial charge in [-0.2, -0.15) is 5.10 Å². The van der Waals surface area contributed by atoms with Crippen LogP contribution in [0.4, 0.5) is 0 Å². The number of rotatable bonds is 6. The second kappa shape index (κ2) is 10.5. The quantitative estimate of drug-likeness (QED) is 0.231. The normalized spacial score (nSPS) is 17.1. The topological polar surface area (TPSA) is 58.2 Å². The molecule has 172 valence electrons. The lowest BCUT2D eigenvalue weighted by molar-refractivity contribution is -0.122. The van der Waals surface area contributed by atoms with E-state index in [1.54, 1.807) is 23.4 Å². The lowest BCUT2D eigenvalue weighted by Crippen LogP contribution is -2.28. The smallest absolute Gasteiger partial charge is 0.267 e. The fraction of sp³-hybridized carbons (Fsp3) is 0.179. The first-order valence-electron chi connectivity index (χ1n) is 11.1. The standard InChI is InChI=1S/C28H27N3O2S/c1-28(2,3)23-16-14-22(15-17-23)19-29-30-27-31(20-24-12-8-18-33-24)26(32)25(34-27)13-7-11-21-9-5-4-6-10-21/h4-19H,20H2,1-3H3/b11-7+,25-13-,29-19+,30-27-. The molecule has 1 saturated heterocycles. The number of allylic oxidation sites excluding steroid dienone is 2. The molecule has 5 nitrogen and oxygen atoms in total. The fourth-order valence-corrected chi connectivity index (χ4v) is 4.21. The van der Waals surface area contributed by atoms with E-state index < -0.39 is 0 Å². The zero-order valence-electron chi connectivity index (χ0n) is 19.5. The minimum absolute atomic E-state index is 0.0980. The highest BCUT2D eigenvalue weighted by molar-refractivity contribution is 8.18. The van der Waals surface area contributed by atoms with Gasteiger partial charge in [0.15, 0.2) is 5.17 Å². The first kappa shape index (κ1) is 23.5. The minimum atomic E-state index is -0.123. The van der Waals surface area contributed by atoms with Gasteiger partial charge in [-0.15, -0.1) is 5.10 Å². The summed E-state index contributed by atoms with van der Waals surface area (Å²) < 4.78 is 5.45. The van der Waals surface area contributed by atoms with E-state index in [9.17, 15) is 4.79 Å². The Balaban J connectivity index is 1.53. The lowest BCUT2D eigenvalue weighted by Gasteiger charge is -2.18. The van der Waals surface area contributed by atoms with Crippen molar-refractivity contribution in [1.29, 1.82) is 0 Å². The van der Waals surface area contributed by atoms with Gasteiger partial charge in [-0.3, -0.25) is 9.69 Å². The molecular weight excluding hydrogens is 442 g/mol. The molecule has 0 aliphatic carbocycles. The Morgan fingerprint density at radius 3 is 2.41 bits per heavy atom. The van der Waals surface area contributed by atoms with Crippen molar-refractivity contribution in [3.05, 3.63) is 113 Å². The fourth-order valence-electron chi connectivity index (χ4n) is 3.32. The lowest BCUT2D eigenvalue weighted by atomic mass is 9.87. The summed E-state index contributed by atoms with van der Waals surface area (Å²) in [4.78, 5) is 15.3. The molecule has 1 aromatic heterocycles. The summed E-state index contributed by atoms with van der Waals surface area (Å²) >= 11 is 1.31. The number of thioether (sulfide) groups is 1. The van der Waals surface area contributed by atoms with Crippen LogP contribution in [0.15, 0.2) is 105 Å². The molecule has 4 rings (SSSR count). The number of nitrogens with zero attached hydrogens (tertiary/aromatic N) is 3. The minimum Gasteiger partial charge on any atom is -0.467 e. The van der Waals surface area contributed by atoms with Gasteiger partial charge in [0.1, 0.15) is 5.76 Å². The second-order valence-electron chi connectivity index (χ2n) is 8.87. The van der Waals surface area contributed by atoms with E-state index in [1.807, 2.05) is 66.8 Å². The predicted molar refractivity (Wildman–Crippen MR) is 141 cm³/mol. The highest BCUT2D eigenvalue weighted by Crippen LogP contribution is 2.32. The Kier molecular flexibility index (Phi) is 7.28. The molecule has 0 radical (unpaired) electrons. The highest BCUT2D eigenvalue weighted by Gasteiger charge is 2.33. The van der Waals surface area contributed by atoms with Crippen molar-refractivity contribution in [2.75, 3.05) is 0 Å². The Bertz CT molecular complexity index is 1230. The molecule has 0 bridgehead atoms. The molecule has 0 unspecified atom stereocenters. The number of amides is 1. The maximum absolute atomic E-state index is 13.1. The number of benzene rings is 2. The van der Waals surface area contributed by atoms with Crippen molar-refractivity contribution in [3.8, 4) is 0 Å². The number of hydrogen-bond acceptors (Lipinski definition) is 5. The number of hydrogen-bond donors (Lipinski definition) is 0. The van der Waals surface area contributed by atoms with Gasteiger partial charge >= 0.3 is 0 Å². The van der Waals surface area contributed by atoms with Crippen LogP contribution < -0.4 is 0 Å². The Morgan fingerprint density at radius 2 is 1.74 bits per heavy atom. The molecule has 2 heterocycles. The van der Waals surface area contributed by atoms with Crippen LogP contribution in [0.2, 0.25) is 0 Å². The zero-order chi connectivity index (χ0) is 24.0. The molecule has 0 atom stereocenters. The van der Waals surface area contributed by atoms with Crippen LogP contribution in [-0.2, 0) is 16.8 Å². The van der Waals surface area contributed by atoms with Crippen LogP contribution in [-0.4, -0.2) is 22.2 Å². The van der Waals surface area contributed by atoms with E-state index in [4.69, 9.17) is 4.42 Å². The van der Waals surface area contributed by atoms with Crippen molar-refractivity contribution in [1.82, 2.24) is 4.90 Å². The third kappa shape index (κ3) is 6.02. The van der Waals surface area contributed by atoms with Gasteiger partial charge in [-0.25, -0.2) is 0 Å². The molecule has 0 N–H and O–H groups in total. The van der Waals surface area contributed by atoms with Crippen molar-refractivity contribution in [2.24, 2.45) is 10.2 Å². The Labute approximate surface area is 204 Å². The van der Waals surface area contributed by atoms with E-state index in [0.717, 1.165) is 11.1 Å². The van der Waals surface area contributed by atoms with Crippen LogP contribution >= 0.6 is 11.8 Å². The SMILES string of the molecule is CC(C)(C)c1ccc(/C=N/N=C2\S/C(=C\C=C\c3ccccc3)C(=O)N2Cc2ccco2)cc1. The molecule has 1 aliphatic heterocycles. The predicted octanol–water partition coefficient (Wildman–Crippen LogP) is 6.64. The molecule has 1 amide bonds. The van der Waals surface area contributed by atoms with Crippen LogP contribution in [0.1, 0.15) is 43.2 Å². The first-order chi connectivity index (χ1) is 16.4. The molecule has 1 aliphatic rings. The van der Waals surface area contributed by atoms with Gasteiger partial charge in [-0.05, 0) is 52.1 Å². The molecule has 34 heavy (non-hydrogen) atoms. The van der Waals surface area contributed by atoms with E-state index in [2.05, 4.69) is 43.1 Å². The van der Waals surface area contributed by atoms with Crippen LogP contribution in [0.3, 0.4) is 0 Å². The van der Waals surface area contributed by atoms with Crippen molar-refractivity contribution < 1.29 is 9.21 Å². The van der Waals surface area contributed by atoms with Crippen molar-refractivity contribution in [2.45, 2.75) is 32.7 Å². The zero-order valence-corrected chi connectivity index (χ0v) is 20.3. The van der Waals surface area contributed by atoms with Gasteiger partial charge in [0, 0.05) is 0 Å². The van der Waals surface area contributed by atoms with Gasteiger partial charge in [0.25, 0.3) is 5.91 Å². The maximum atomic E-state index is 13.1. The van der Waals surface area contributed by atoms with E-state index in [0.29, 0.717) is 22.4 Å². The Morgan fingerprint density at radius 1 is 0.971 bits per heavy atom. The monoisotopic (exact) mass is 469 g/mol. The summed E-state index contributed by atoms with van der Waals surface area (Å²) in [5.74, 6) is 0.562. The molecular formula is C28H27N3O2S. The summed E-state index contributed by atoms with van der Waals surface area (Å²) in [6, 6.07) is 21.9. The third-order valence-corrected chi connectivity index (χ3v) is 6.26. The van der Waals surface area contributed by atoms with E-state index in [-0.39, 0.29) is 11.3 Å². The van der Waals surface area contributed by atoms with Crippen LogP contribution in [0.5, 0.6) is 0 Å².